The molecule has 1 aromatic heterocycles. The number of aromatic nitrogens is 1. The average Bonchev–Trinajstić information content (AvgIpc) is 2.60. The van der Waals surface area contributed by atoms with Crippen LogP contribution in [0, 0.1) is 0 Å². The van der Waals surface area contributed by atoms with E-state index in [2.05, 4.69) is 16.4 Å². The normalized spacial score (nSPS) is 10.5. The highest BCUT2D eigenvalue weighted by Gasteiger charge is 2.09. The minimum absolute atomic E-state index is 0.115. The summed E-state index contributed by atoms with van der Waals surface area (Å²) in [6.45, 7) is 0.621. The van der Waals surface area contributed by atoms with E-state index >= 15 is 0 Å². The molecule has 1 N–H and O–H groups in total. The molecule has 0 aliphatic carbocycles. The molecular formula is C19H19N3O. The fourth-order valence-electron chi connectivity index (χ4n) is 2.42. The van der Waals surface area contributed by atoms with Gasteiger partial charge in [-0.2, -0.15) is 0 Å². The van der Waals surface area contributed by atoms with Crippen LogP contribution in [0.25, 0.3) is 10.8 Å². The summed E-state index contributed by atoms with van der Waals surface area (Å²) in [4.78, 5) is 18.2. The van der Waals surface area contributed by atoms with Crippen molar-refractivity contribution in [1.29, 1.82) is 0 Å². The Morgan fingerprint density at radius 1 is 1.04 bits per heavy atom. The number of hydrogen-bond donors (Lipinski definition) is 1. The van der Waals surface area contributed by atoms with Crippen molar-refractivity contribution in [3.63, 3.8) is 0 Å². The number of likely N-dealkylation sites (N-methyl/N-ethyl adjacent to an activating group) is 1. The van der Waals surface area contributed by atoms with Gasteiger partial charge in [0, 0.05) is 37.6 Å². The van der Waals surface area contributed by atoms with Crippen LogP contribution < -0.4 is 5.32 Å². The van der Waals surface area contributed by atoms with Crippen molar-refractivity contribution in [1.82, 2.24) is 9.88 Å². The Bertz CT molecular complexity index is 802. The van der Waals surface area contributed by atoms with E-state index in [9.17, 15) is 4.79 Å². The minimum Gasteiger partial charge on any atom is -0.327 e. The molecule has 23 heavy (non-hydrogen) atoms. The Morgan fingerprint density at radius 2 is 1.83 bits per heavy atom. The van der Waals surface area contributed by atoms with E-state index in [0.29, 0.717) is 6.54 Å². The topological polar surface area (TPSA) is 45.2 Å². The van der Waals surface area contributed by atoms with E-state index in [1.807, 2.05) is 54.6 Å². The monoisotopic (exact) mass is 305 g/mol. The Morgan fingerprint density at radius 3 is 2.61 bits per heavy atom. The van der Waals surface area contributed by atoms with Gasteiger partial charge in [-0.05, 0) is 35.0 Å². The lowest BCUT2D eigenvalue weighted by Gasteiger charge is -2.18. The summed E-state index contributed by atoms with van der Waals surface area (Å²) >= 11 is 0. The highest BCUT2D eigenvalue weighted by Crippen LogP contribution is 2.19. The molecule has 0 fully saturated rings. The third kappa shape index (κ3) is 3.86. The molecule has 0 saturated carbocycles. The lowest BCUT2D eigenvalue weighted by molar-refractivity contribution is 0.223. The molecule has 0 aliphatic rings. The van der Waals surface area contributed by atoms with Gasteiger partial charge in [-0.25, -0.2) is 4.79 Å². The van der Waals surface area contributed by atoms with Gasteiger partial charge in [-0.3, -0.25) is 4.98 Å². The van der Waals surface area contributed by atoms with Gasteiger partial charge in [-0.15, -0.1) is 0 Å². The fraction of sp³-hybridized carbons (Fsp3) is 0.158. The van der Waals surface area contributed by atoms with Crippen LogP contribution in [0.1, 0.15) is 5.69 Å². The maximum absolute atomic E-state index is 12.3. The summed E-state index contributed by atoms with van der Waals surface area (Å²) in [6, 6.07) is 19.7. The van der Waals surface area contributed by atoms with Crippen LogP contribution in [-0.4, -0.2) is 29.5 Å². The molecule has 4 nitrogen and oxygen atoms in total. The van der Waals surface area contributed by atoms with Crippen molar-refractivity contribution in [2.75, 3.05) is 18.9 Å². The first-order valence-corrected chi connectivity index (χ1v) is 7.63. The summed E-state index contributed by atoms with van der Waals surface area (Å²) in [5.74, 6) is 0. The smallest absolute Gasteiger partial charge is 0.321 e. The average molecular weight is 305 g/mol. The van der Waals surface area contributed by atoms with Crippen molar-refractivity contribution in [2.45, 2.75) is 6.42 Å². The number of rotatable bonds is 4. The quantitative estimate of drug-likeness (QED) is 0.793. The van der Waals surface area contributed by atoms with E-state index in [-0.39, 0.29) is 6.03 Å². The fourth-order valence-corrected chi connectivity index (χ4v) is 2.42. The Hall–Kier alpha value is -2.88. The van der Waals surface area contributed by atoms with E-state index in [1.54, 1.807) is 18.1 Å². The first kappa shape index (κ1) is 15.0. The first-order valence-electron chi connectivity index (χ1n) is 7.63. The molecule has 116 valence electrons. The zero-order chi connectivity index (χ0) is 16.1. The number of nitrogens with one attached hydrogen (secondary N) is 1. The van der Waals surface area contributed by atoms with Crippen LogP contribution in [0.2, 0.25) is 0 Å². The molecule has 0 saturated heterocycles. The first-order chi connectivity index (χ1) is 11.2. The van der Waals surface area contributed by atoms with Gasteiger partial charge in [0.25, 0.3) is 0 Å². The summed E-state index contributed by atoms with van der Waals surface area (Å²) in [5, 5.41) is 5.21. The van der Waals surface area contributed by atoms with Crippen LogP contribution in [-0.2, 0) is 6.42 Å². The molecule has 3 aromatic rings. The summed E-state index contributed by atoms with van der Waals surface area (Å²) in [6.07, 6.45) is 2.51. The number of carbonyl (C=O) groups is 1. The highest BCUT2D eigenvalue weighted by molar-refractivity contribution is 5.93. The molecule has 2 amide bonds. The van der Waals surface area contributed by atoms with Crippen LogP contribution in [0.15, 0.2) is 66.9 Å². The van der Waals surface area contributed by atoms with Crippen molar-refractivity contribution < 1.29 is 4.79 Å². The zero-order valence-corrected chi connectivity index (χ0v) is 13.1. The Kier molecular flexibility index (Phi) is 4.52. The van der Waals surface area contributed by atoms with Crippen LogP contribution >= 0.6 is 0 Å². The molecule has 0 aliphatic heterocycles. The van der Waals surface area contributed by atoms with E-state index in [4.69, 9.17) is 0 Å². The molecular weight excluding hydrogens is 286 g/mol. The number of pyridine rings is 1. The molecule has 1 heterocycles. The van der Waals surface area contributed by atoms with E-state index in [1.165, 1.54) is 0 Å². The molecule has 4 heteroatoms. The van der Waals surface area contributed by atoms with E-state index < -0.39 is 0 Å². The summed E-state index contributed by atoms with van der Waals surface area (Å²) in [5.41, 5.74) is 1.79. The Labute approximate surface area is 135 Å². The molecule has 0 bridgehead atoms. The van der Waals surface area contributed by atoms with Crippen molar-refractivity contribution in [2.24, 2.45) is 0 Å². The van der Waals surface area contributed by atoms with Gasteiger partial charge in [-0.1, -0.05) is 36.4 Å². The second kappa shape index (κ2) is 6.92. The van der Waals surface area contributed by atoms with E-state index in [0.717, 1.165) is 28.6 Å². The lowest BCUT2D eigenvalue weighted by Crippen LogP contribution is -2.33. The second-order valence-electron chi connectivity index (χ2n) is 5.48. The summed E-state index contributed by atoms with van der Waals surface area (Å²) < 4.78 is 0. The van der Waals surface area contributed by atoms with Crippen LogP contribution in [0.5, 0.6) is 0 Å². The number of amides is 2. The van der Waals surface area contributed by atoms with Gasteiger partial charge in [0.2, 0.25) is 0 Å². The number of anilines is 1. The SMILES string of the molecule is CN(CCc1ccccn1)C(=O)Nc1ccc2ccccc2c1. The zero-order valence-electron chi connectivity index (χ0n) is 13.1. The standard InChI is InChI=1S/C19H19N3O/c1-22(13-11-17-8-4-5-12-20-17)19(23)21-18-10-9-15-6-2-3-7-16(15)14-18/h2-10,12,14H,11,13H2,1H3,(H,21,23). The number of carbonyl (C=O) groups excluding carboxylic acids is 1. The number of hydrogen-bond acceptors (Lipinski definition) is 2. The lowest BCUT2D eigenvalue weighted by atomic mass is 10.1. The number of nitrogens with zero attached hydrogens (tertiary/aromatic N) is 2. The molecule has 0 spiro atoms. The second-order valence-corrected chi connectivity index (χ2v) is 5.48. The maximum atomic E-state index is 12.3. The van der Waals surface area contributed by atoms with Crippen molar-refractivity contribution in [3.8, 4) is 0 Å². The van der Waals surface area contributed by atoms with Gasteiger partial charge < -0.3 is 10.2 Å². The van der Waals surface area contributed by atoms with Gasteiger partial charge in [0.15, 0.2) is 0 Å². The summed E-state index contributed by atoms with van der Waals surface area (Å²) in [7, 11) is 1.79. The Balaban J connectivity index is 1.60. The number of urea groups is 1. The van der Waals surface area contributed by atoms with Gasteiger partial charge >= 0.3 is 6.03 Å². The molecule has 0 unspecified atom stereocenters. The molecule has 0 atom stereocenters. The highest BCUT2D eigenvalue weighted by atomic mass is 16.2. The third-order valence-corrected chi connectivity index (χ3v) is 3.78. The predicted octanol–water partition coefficient (Wildman–Crippen LogP) is 3.94. The number of benzene rings is 2. The van der Waals surface area contributed by atoms with Crippen LogP contribution in [0.4, 0.5) is 10.5 Å². The van der Waals surface area contributed by atoms with Crippen LogP contribution in [0.3, 0.4) is 0 Å². The maximum Gasteiger partial charge on any atom is 0.321 e. The minimum atomic E-state index is -0.115. The molecule has 2 aromatic carbocycles. The number of fused-ring (bicyclic) bond motifs is 1. The third-order valence-electron chi connectivity index (χ3n) is 3.78. The molecule has 3 rings (SSSR count). The van der Waals surface area contributed by atoms with Crippen molar-refractivity contribution in [3.05, 3.63) is 72.6 Å². The predicted molar refractivity (Wildman–Crippen MR) is 93.5 cm³/mol. The van der Waals surface area contributed by atoms with Gasteiger partial charge in [0.05, 0.1) is 0 Å². The van der Waals surface area contributed by atoms with Crippen molar-refractivity contribution >= 4 is 22.5 Å². The largest absolute Gasteiger partial charge is 0.327 e. The van der Waals surface area contributed by atoms with Gasteiger partial charge in [0.1, 0.15) is 0 Å². The molecule has 0 radical (unpaired) electrons.